The minimum atomic E-state index is 0.429. The van der Waals surface area contributed by atoms with Crippen molar-refractivity contribution in [3.05, 3.63) is 24.3 Å². The monoisotopic (exact) mass is 341 g/mol. The summed E-state index contributed by atoms with van der Waals surface area (Å²) in [4.78, 5) is 17.9. The van der Waals surface area contributed by atoms with Crippen molar-refractivity contribution >= 4 is 11.9 Å². The zero-order valence-electron chi connectivity index (χ0n) is 14.3. The number of anilines is 2. The van der Waals surface area contributed by atoms with Gasteiger partial charge in [0.2, 0.25) is 11.9 Å². The molecule has 8 nitrogen and oxygen atoms in total. The molecule has 8 heteroatoms. The first-order valence-corrected chi connectivity index (χ1v) is 9.11. The van der Waals surface area contributed by atoms with Crippen LogP contribution in [0, 0.1) is 5.41 Å². The molecule has 0 amide bonds. The van der Waals surface area contributed by atoms with E-state index < -0.39 is 0 Å². The van der Waals surface area contributed by atoms with Crippen LogP contribution in [-0.4, -0.2) is 64.5 Å². The van der Waals surface area contributed by atoms with Crippen LogP contribution in [0.25, 0.3) is 0 Å². The Bertz CT molecular complexity index is 720. The number of hydrogen-bond acceptors (Lipinski definition) is 7. The van der Waals surface area contributed by atoms with Gasteiger partial charge in [-0.1, -0.05) is 0 Å². The zero-order valence-corrected chi connectivity index (χ0v) is 14.3. The normalized spacial score (nSPS) is 25.4. The van der Waals surface area contributed by atoms with Gasteiger partial charge in [0.15, 0.2) is 0 Å². The Labute approximate surface area is 146 Å². The Kier molecular flexibility index (Phi) is 3.58. The fourth-order valence-corrected chi connectivity index (χ4v) is 4.19. The fraction of sp³-hybridized carbons (Fsp3) is 0.647. The average molecular weight is 341 g/mol. The van der Waals surface area contributed by atoms with E-state index in [0.29, 0.717) is 11.3 Å². The van der Waals surface area contributed by atoms with Crippen molar-refractivity contribution in [1.82, 2.24) is 25.1 Å². The van der Waals surface area contributed by atoms with Gasteiger partial charge in [-0.05, 0) is 30.7 Å². The second-order valence-electron chi connectivity index (χ2n) is 7.27. The minimum absolute atomic E-state index is 0.429. The van der Waals surface area contributed by atoms with Gasteiger partial charge in [0.05, 0.1) is 0 Å². The number of nitrogens with zero attached hydrogens (tertiary/aromatic N) is 6. The molecule has 0 radical (unpaired) electrons. The summed E-state index contributed by atoms with van der Waals surface area (Å²) in [6.45, 7) is 5.33. The molecule has 2 saturated heterocycles. The van der Waals surface area contributed by atoms with Crippen molar-refractivity contribution in [2.24, 2.45) is 5.41 Å². The molecule has 1 unspecified atom stereocenters. The lowest BCUT2D eigenvalue weighted by Gasteiger charge is -2.33. The number of ether oxygens (including phenoxy) is 1. The molecular formula is C17H23N7O. The van der Waals surface area contributed by atoms with Crippen molar-refractivity contribution < 1.29 is 4.74 Å². The zero-order chi connectivity index (χ0) is 16.7. The smallest absolute Gasteiger partial charge is 0.244 e. The van der Waals surface area contributed by atoms with Crippen molar-refractivity contribution in [3.8, 4) is 0 Å². The van der Waals surface area contributed by atoms with Gasteiger partial charge in [-0.25, -0.2) is 9.97 Å². The number of piperazine rings is 1. The molecule has 2 aliphatic heterocycles. The van der Waals surface area contributed by atoms with Crippen molar-refractivity contribution in [2.75, 3.05) is 49.2 Å². The lowest BCUT2D eigenvalue weighted by molar-refractivity contribution is 0.0554. The molecule has 3 fully saturated rings. The minimum Gasteiger partial charge on any atom is -0.381 e. The number of rotatable bonds is 3. The van der Waals surface area contributed by atoms with Crippen LogP contribution < -0.4 is 9.80 Å². The van der Waals surface area contributed by atoms with Crippen LogP contribution >= 0.6 is 0 Å². The number of aromatic nitrogens is 5. The van der Waals surface area contributed by atoms with Crippen LogP contribution in [0.1, 0.15) is 31.0 Å². The molecule has 132 valence electrons. The van der Waals surface area contributed by atoms with E-state index in [4.69, 9.17) is 9.72 Å². The Morgan fingerprint density at radius 2 is 1.68 bits per heavy atom. The summed E-state index contributed by atoms with van der Waals surface area (Å²) < 4.78 is 5.51. The standard InChI is InChI=1S/C17H23N7O/c1-4-18-15(19-5-1)23-6-8-24(9-7-23)16-20-14(21-22-16)13-12-17(13)2-10-25-11-3-17/h1,4-5,13H,2-3,6-12H2,(H,20,21,22). The summed E-state index contributed by atoms with van der Waals surface area (Å²) in [5, 5.41) is 7.68. The summed E-state index contributed by atoms with van der Waals surface area (Å²) in [6.07, 6.45) is 7.12. The molecule has 4 heterocycles. The highest BCUT2D eigenvalue weighted by Gasteiger charge is 2.56. The summed E-state index contributed by atoms with van der Waals surface area (Å²) in [5.74, 6) is 3.23. The Hall–Kier alpha value is -2.22. The van der Waals surface area contributed by atoms with Crippen molar-refractivity contribution in [2.45, 2.75) is 25.2 Å². The van der Waals surface area contributed by atoms with Gasteiger partial charge in [-0.2, -0.15) is 4.98 Å². The van der Waals surface area contributed by atoms with E-state index in [-0.39, 0.29) is 0 Å². The first-order valence-electron chi connectivity index (χ1n) is 9.11. The summed E-state index contributed by atoms with van der Waals surface area (Å²) in [6, 6.07) is 1.85. The van der Waals surface area contributed by atoms with Crippen LogP contribution in [-0.2, 0) is 4.74 Å². The summed E-state index contributed by atoms with van der Waals surface area (Å²) in [7, 11) is 0. The molecule has 1 atom stereocenters. The molecule has 1 aliphatic carbocycles. The lowest BCUT2D eigenvalue weighted by Crippen LogP contribution is -2.47. The number of nitrogens with one attached hydrogen (secondary N) is 1. The van der Waals surface area contributed by atoms with Gasteiger partial charge in [0.1, 0.15) is 5.82 Å². The van der Waals surface area contributed by atoms with Crippen molar-refractivity contribution in [3.63, 3.8) is 0 Å². The second-order valence-corrected chi connectivity index (χ2v) is 7.27. The number of H-pyrrole nitrogens is 1. The van der Waals surface area contributed by atoms with Gasteiger partial charge < -0.3 is 14.5 Å². The molecule has 1 saturated carbocycles. The molecule has 0 aromatic carbocycles. The highest BCUT2D eigenvalue weighted by Crippen LogP contribution is 2.64. The van der Waals surface area contributed by atoms with E-state index in [1.807, 2.05) is 6.07 Å². The summed E-state index contributed by atoms with van der Waals surface area (Å²) >= 11 is 0. The highest BCUT2D eigenvalue weighted by molar-refractivity contribution is 5.37. The molecule has 25 heavy (non-hydrogen) atoms. The molecule has 2 aromatic rings. The molecule has 0 bridgehead atoms. The van der Waals surface area contributed by atoms with Crippen LogP contribution in [0.2, 0.25) is 0 Å². The predicted molar refractivity (Wildman–Crippen MR) is 92.7 cm³/mol. The van der Waals surface area contributed by atoms with Gasteiger partial charge >= 0.3 is 0 Å². The molecule has 3 aliphatic rings. The van der Waals surface area contributed by atoms with E-state index in [1.54, 1.807) is 12.4 Å². The van der Waals surface area contributed by atoms with Gasteiger partial charge in [-0.15, -0.1) is 5.10 Å². The predicted octanol–water partition coefficient (Wildman–Crippen LogP) is 1.21. The number of hydrogen-bond donors (Lipinski definition) is 1. The first-order chi connectivity index (χ1) is 12.3. The Morgan fingerprint density at radius 1 is 1.00 bits per heavy atom. The maximum absolute atomic E-state index is 5.51. The van der Waals surface area contributed by atoms with E-state index in [0.717, 1.165) is 70.0 Å². The van der Waals surface area contributed by atoms with E-state index in [1.165, 1.54) is 6.42 Å². The lowest BCUT2D eigenvalue weighted by atomic mass is 9.94. The van der Waals surface area contributed by atoms with E-state index >= 15 is 0 Å². The second kappa shape index (κ2) is 5.94. The molecule has 2 aromatic heterocycles. The first kappa shape index (κ1) is 15.1. The maximum Gasteiger partial charge on any atom is 0.244 e. The van der Waals surface area contributed by atoms with Gasteiger partial charge in [0.25, 0.3) is 0 Å². The highest BCUT2D eigenvalue weighted by atomic mass is 16.5. The largest absolute Gasteiger partial charge is 0.381 e. The topological polar surface area (TPSA) is 83.1 Å². The van der Waals surface area contributed by atoms with E-state index in [9.17, 15) is 0 Å². The quantitative estimate of drug-likeness (QED) is 0.898. The SMILES string of the molecule is c1cnc(N2CCN(c3n[nH]c(C4CC45CCOCC5)n3)CC2)nc1. The van der Waals surface area contributed by atoms with E-state index in [2.05, 4.69) is 30.0 Å². The Morgan fingerprint density at radius 3 is 2.40 bits per heavy atom. The van der Waals surface area contributed by atoms with Gasteiger partial charge in [0, 0.05) is 57.7 Å². The van der Waals surface area contributed by atoms with Crippen LogP contribution in [0.15, 0.2) is 18.5 Å². The molecule has 1 spiro atoms. The van der Waals surface area contributed by atoms with Crippen LogP contribution in [0.5, 0.6) is 0 Å². The third-order valence-electron chi connectivity index (χ3n) is 5.90. The average Bonchev–Trinajstić information content (AvgIpc) is 3.15. The summed E-state index contributed by atoms with van der Waals surface area (Å²) in [5.41, 5.74) is 0.429. The van der Waals surface area contributed by atoms with Crippen LogP contribution in [0.3, 0.4) is 0 Å². The third kappa shape index (κ3) is 2.74. The molecule has 1 N–H and O–H groups in total. The van der Waals surface area contributed by atoms with Crippen LogP contribution in [0.4, 0.5) is 11.9 Å². The molecule has 5 rings (SSSR count). The Balaban J connectivity index is 1.22. The third-order valence-corrected chi connectivity index (χ3v) is 5.90. The molecular weight excluding hydrogens is 318 g/mol. The maximum atomic E-state index is 5.51. The van der Waals surface area contributed by atoms with Crippen molar-refractivity contribution in [1.29, 1.82) is 0 Å². The van der Waals surface area contributed by atoms with Gasteiger partial charge in [-0.3, -0.25) is 5.10 Å². The fourth-order valence-electron chi connectivity index (χ4n) is 4.19. The number of aromatic amines is 1.